The van der Waals surface area contributed by atoms with Crippen LogP contribution < -0.4 is 5.73 Å². The fourth-order valence-corrected chi connectivity index (χ4v) is 2.02. The van der Waals surface area contributed by atoms with Gasteiger partial charge in [-0.15, -0.1) is 0 Å². The van der Waals surface area contributed by atoms with Crippen molar-refractivity contribution in [3.8, 4) is 0 Å². The van der Waals surface area contributed by atoms with E-state index in [1.165, 1.54) is 5.56 Å². The molecule has 0 heterocycles. The van der Waals surface area contributed by atoms with Gasteiger partial charge in [-0.3, -0.25) is 0 Å². The van der Waals surface area contributed by atoms with Gasteiger partial charge in [-0.25, -0.2) is 0 Å². The van der Waals surface area contributed by atoms with Crippen molar-refractivity contribution in [2.75, 3.05) is 5.73 Å². The minimum atomic E-state index is 0.264. The third-order valence-electron chi connectivity index (χ3n) is 2.81. The number of benzene rings is 2. The Balaban J connectivity index is 2.41. The Morgan fingerprint density at radius 2 is 1.75 bits per heavy atom. The summed E-state index contributed by atoms with van der Waals surface area (Å²) in [4.78, 5) is 0. The number of rotatable bonds is 2. The number of nitrogen functional groups attached to an aromatic ring is 1. The maximum absolute atomic E-state index is 5.99. The van der Waals surface area contributed by atoms with E-state index >= 15 is 0 Å². The summed E-state index contributed by atoms with van der Waals surface area (Å²) in [5, 5.41) is 0.729. The number of hydrogen-bond acceptors (Lipinski definition) is 1. The van der Waals surface area contributed by atoms with E-state index in [1.807, 2.05) is 36.4 Å². The van der Waals surface area contributed by atoms with Crippen LogP contribution in [-0.4, -0.2) is 0 Å². The fraction of sp³-hybridized carbons (Fsp3) is 0.143. The Hall–Kier alpha value is -1.47. The Labute approximate surface area is 101 Å². The molecule has 2 heteroatoms. The van der Waals surface area contributed by atoms with Crippen LogP contribution in [0.1, 0.15) is 24.0 Å². The van der Waals surface area contributed by atoms with Crippen LogP contribution in [0.15, 0.2) is 48.5 Å². The minimum Gasteiger partial charge on any atom is -0.398 e. The molecule has 0 fully saturated rings. The highest BCUT2D eigenvalue weighted by Crippen LogP contribution is 2.30. The molecule has 0 aliphatic rings. The lowest BCUT2D eigenvalue weighted by Crippen LogP contribution is -2.00. The molecule has 16 heavy (non-hydrogen) atoms. The zero-order chi connectivity index (χ0) is 11.5. The topological polar surface area (TPSA) is 26.0 Å². The first-order valence-electron chi connectivity index (χ1n) is 5.28. The van der Waals surface area contributed by atoms with Crippen LogP contribution >= 0.6 is 11.6 Å². The van der Waals surface area contributed by atoms with E-state index in [2.05, 4.69) is 19.1 Å². The van der Waals surface area contributed by atoms with E-state index in [0.29, 0.717) is 0 Å². The van der Waals surface area contributed by atoms with Crippen molar-refractivity contribution in [2.45, 2.75) is 12.8 Å². The second-order valence-corrected chi connectivity index (χ2v) is 4.34. The molecular formula is C14H14ClN. The average Bonchev–Trinajstić information content (AvgIpc) is 2.32. The third-order valence-corrected chi connectivity index (χ3v) is 3.05. The van der Waals surface area contributed by atoms with Crippen molar-refractivity contribution in [3.63, 3.8) is 0 Å². The summed E-state index contributed by atoms with van der Waals surface area (Å²) in [5.41, 5.74) is 9.09. The van der Waals surface area contributed by atoms with E-state index in [-0.39, 0.29) is 5.92 Å². The van der Waals surface area contributed by atoms with Gasteiger partial charge < -0.3 is 5.73 Å². The summed E-state index contributed by atoms with van der Waals surface area (Å²) < 4.78 is 0. The standard InChI is InChI=1S/C14H14ClN/c1-10(11-5-3-2-4-6-11)13-9-12(15)7-8-14(13)16/h2-10H,16H2,1H3. The molecule has 0 aliphatic carbocycles. The summed E-state index contributed by atoms with van der Waals surface area (Å²) >= 11 is 5.99. The minimum absolute atomic E-state index is 0.264. The maximum atomic E-state index is 5.99. The maximum Gasteiger partial charge on any atom is 0.0410 e. The third kappa shape index (κ3) is 2.20. The molecular weight excluding hydrogens is 218 g/mol. The molecule has 0 saturated carbocycles. The number of nitrogens with two attached hydrogens (primary N) is 1. The number of halogens is 1. The summed E-state index contributed by atoms with van der Waals surface area (Å²) in [6, 6.07) is 15.9. The van der Waals surface area contributed by atoms with Crippen molar-refractivity contribution in [1.82, 2.24) is 0 Å². The van der Waals surface area contributed by atoms with Crippen LogP contribution in [0.5, 0.6) is 0 Å². The molecule has 82 valence electrons. The average molecular weight is 232 g/mol. The molecule has 2 aromatic carbocycles. The van der Waals surface area contributed by atoms with Gasteiger partial charge >= 0.3 is 0 Å². The molecule has 2 N–H and O–H groups in total. The van der Waals surface area contributed by atoms with Gasteiger partial charge in [-0.05, 0) is 29.3 Å². The molecule has 1 nitrogen and oxygen atoms in total. The van der Waals surface area contributed by atoms with E-state index in [1.54, 1.807) is 0 Å². The first-order chi connectivity index (χ1) is 7.68. The van der Waals surface area contributed by atoms with Crippen molar-refractivity contribution < 1.29 is 0 Å². The molecule has 0 aliphatic heterocycles. The van der Waals surface area contributed by atoms with Crippen LogP contribution in [0.3, 0.4) is 0 Å². The van der Waals surface area contributed by atoms with Crippen LogP contribution in [0.2, 0.25) is 5.02 Å². The normalized spacial score (nSPS) is 12.4. The van der Waals surface area contributed by atoms with Crippen molar-refractivity contribution in [1.29, 1.82) is 0 Å². The second kappa shape index (κ2) is 4.58. The lowest BCUT2D eigenvalue weighted by Gasteiger charge is -2.15. The predicted molar refractivity (Wildman–Crippen MR) is 69.8 cm³/mol. The van der Waals surface area contributed by atoms with Gasteiger partial charge in [-0.1, -0.05) is 48.9 Å². The molecule has 0 aromatic heterocycles. The molecule has 1 unspecified atom stereocenters. The van der Waals surface area contributed by atoms with E-state index in [4.69, 9.17) is 17.3 Å². The smallest absolute Gasteiger partial charge is 0.0410 e. The molecule has 1 atom stereocenters. The van der Waals surface area contributed by atoms with Crippen molar-refractivity contribution >= 4 is 17.3 Å². The van der Waals surface area contributed by atoms with Crippen LogP contribution in [0.25, 0.3) is 0 Å². The van der Waals surface area contributed by atoms with Crippen molar-refractivity contribution in [3.05, 3.63) is 64.7 Å². The highest BCUT2D eigenvalue weighted by Gasteiger charge is 2.11. The Bertz CT molecular complexity index is 479. The van der Waals surface area contributed by atoms with Gasteiger partial charge in [0.15, 0.2) is 0 Å². The van der Waals surface area contributed by atoms with Crippen LogP contribution in [0.4, 0.5) is 5.69 Å². The van der Waals surface area contributed by atoms with E-state index in [9.17, 15) is 0 Å². The zero-order valence-electron chi connectivity index (χ0n) is 9.15. The van der Waals surface area contributed by atoms with Gasteiger partial charge in [0.1, 0.15) is 0 Å². The van der Waals surface area contributed by atoms with Gasteiger partial charge in [-0.2, -0.15) is 0 Å². The first-order valence-corrected chi connectivity index (χ1v) is 5.66. The highest BCUT2D eigenvalue weighted by atomic mass is 35.5. The van der Waals surface area contributed by atoms with E-state index in [0.717, 1.165) is 16.3 Å². The summed E-state index contributed by atoms with van der Waals surface area (Å²) in [6.45, 7) is 2.14. The molecule has 2 rings (SSSR count). The summed E-state index contributed by atoms with van der Waals surface area (Å²) in [5.74, 6) is 0.264. The predicted octanol–water partition coefficient (Wildman–Crippen LogP) is 4.07. The lowest BCUT2D eigenvalue weighted by atomic mass is 9.92. The lowest BCUT2D eigenvalue weighted by molar-refractivity contribution is 0.926. The second-order valence-electron chi connectivity index (χ2n) is 3.91. The quantitative estimate of drug-likeness (QED) is 0.775. The van der Waals surface area contributed by atoms with E-state index < -0.39 is 0 Å². The SMILES string of the molecule is CC(c1ccccc1)c1cc(Cl)ccc1N. The summed E-state index contributed by atoms with van der Waals surface area (Å²) in [7, 11) is 0. The highest BCUT2D eigenvalue weighted by molar-refractivity contribution is 6.30. The van der Waals surface area contributed by atoms with Gasteiger partial charge in [0.25, 0.3) is 0 Å². The fourth-order valence-electron chi connectivity index (χ4n) is 1.84. The molecule has 0 radical (unpaired) electrons. The Morgan fingerprint density at radius 3 is 2.44 bits per heavy atom. The number of anilines is 1. The Morgan fingerprint density at radius 1 is 1.06 bits per heavy atom. The Kier molecular flexibility index (Phi) is 3.16. The zero-order valence-corrected chi connectivity index (χ0v) is 9.91. The number of hydrogen-bond donors (Lipinski definition) is 1. The molecule has 0 saturated heterocycles. The molecule has 0 spiro atoms. The van der Waals surface area contributed by atoms with Crippen LogP contribution in [-0.2, 0) is 0 Å². The van der Waals surface area contributed by atoms with Gasteiger partial charge in [0.2, 0.25) is 0 Å². The van der Waals surface area contributed by atoms with Gasteiger partial charge in [0.05, 0.1) is 0 Å². The largest absolute Gasteiger partial charge is 0.398 e. The molecule has 0 amide bonds. The first kappa shape index (κ1) is 11.0. The molecule has 2 aromatic rings. The summed E-state index contributed by atoms with van der Waals surface area (Å²) in [6.07, 6.45) is 0. The molecule has 0 bridgehead atoms. The van der Waals surface area contributed by atoms with Gasteiger partial charge in [0, 0.05) is 16.6 Å². The van der Waals surface area contributed by atoms with Crippen LogP contribution in [0, 0.1) is 0 Å². The van der Waals surface area contributed by atoms with Crippen molar-refractivity contribution in [2.24, 2.45) is 0 Å². The monoisotopic (exact) mass is 231 g/mol.